The van der Waals surface area contributed by atoms with Crippen LogP contribution in [-0.2, 0) is 16.9 Å². The molecule has 0 saturated heterocycles. The van der Waals surface area contributed by atoms with Crippen molar-refractivity contribution in [3.63, 3.8) is 0 Å². The molecule has 1 aliphatic heterocycles. The van der Waals surface area contributed by atoms with Crippen molar-refractivity contribution < 1.29 is 19.1 Å². The first-order valence-corrected chi connectivity index (χ1v) is 10.7. The minimum atomic E-state index is -2.00. The number of nitrogens with zero attached hydrogens (tertiary/aromatic N) is 1. The van der Waals surface area contributed by atoms with E-state index in [1.54, 1.807) is 18.2 Å². The van der Waals surface area contributed by atoms with Crippen LogP contribution in [0.3, 0.4) is 0 Å². The van der Waals surface area contributed by atoms with Gasteiger partial charge in [0.25, 0.3) is 5.91 Å². The van der Waals surface area contributed by atoms with Crippen LogP contribution in [0.4, 0.5) is 10.1 Å². The minimum absolute atomic E-state index is 0.243. The van der Waals surface area contributed by atoms with Gasteiger partial charge in [-0.3, -0.25) is 9.59 Å². The highest BCUT2D eigenvalue weighted by atomic mass is 79.9. The molecule has 4 nitrogen and oxygen atoms in total. The van der Waals surface area contributed by atoms with Crippen LogP contribution in [0.15, 0.2) is 65.1 Å². The van der Waals surface area contributed by atoms with Gasteiger partial charge in [-0.15, -0.1) is 0 Å². The second-order valence-corrected chi connectivity index (χ2v) is 8.87. The Morgan fingerprint density at radius 2 is 1.77 bits per heavy atom. The van der Waals surface area contributed by atoms with Gasteiger partial charge in [-0.25, -0.2) is 4.39 Å². The van der Waals surface area contributed by atoms with Crippen LogP contribution < -0.4 is 4.90 Å². The van der Waals surface area contributed by atoms with Crippen LogP contribution in [0.5, 0.6) is 0 Å². The fourth-order valence-electron chi connectivity index (χ4n) is 3.96. The predicted molar refractivity (Wildman–Crippen MR) is 120 cm³/mol. The highest BCUT2D eigenvalue weighted by molar-refractivity contribution is 9.10. The number of Topliss-reactive ketones (excluding diaryl/α,β-unsaturated/α-hetero) is 1. The smallest absolute Gasteiger partial charge is 0.264 e. The first kappa shape index (κ1) is 21.4. The van der Waals surface area contributed by atoms with Gasteiger partial charge in [0.15, 0.2) is 11.4 Å². The number of halogens is 2. The number of fused-ring (bicyclic) bond motifs is 1. The molecule has 0 spiro atoms. The van der Waals surface area contributed by atoms with Gasteiger partial charge in [0.05, 0.1) is 18.7 Å². The van der Waals surface area contributed by atoms with Gasteiger partial charge in [-0.05, 0) is 67.4 Å². The van der Waals surface area contributed by atoms with E-state index in [4.69, 9.17) is 0 Å². The van der Waals surface area contributed by atoms with Gasteiger partial charge < -0.3 is 10.0 Å². The number of ketones is 1. The zero-order chi connectivity index (χ0) is 22.3. The van der Waals surface area contributed by atoms with Crippen LogP contribution in [0.1, 0.15) is 39.0 Å². The van der Waals surface area contributed by atoms with E-state index in [9.17, 15) is 19.1 Å². The number of aliphatic hydroxyl groups is 1. The lowest BCUT2D eigenvalue weighted by Gasteiger charge is -2.23. The third kappa shape index (κ3) is 3.93. The second-order valence-electron chi connectivity index (χ2n) is 7.95. The Kier molecular flexibility index (Phi) is 5.54. The Morgan fingerprint density at radius 3 is 2.48 bits per heavy atom. The summed E-state index contributed by atoms with van der Waals surface area (Å²) in [7, 11) is 0. The molecule has 0 aromatic heterocycles. The first-order valence-electron chi connectivity index (χ1n) is 9.88. The van der Waals surface area contributed by atoms with Gasteiger partial charge in [-0.1, -0.05) is 39.7 Å². The number of amides is 1. The summed E-state index contributed by atoms with van der Waals surface area (Å²) < 4.78 is 13.9. The Bertz CT molecular complexity index is 1190. The number of hydrogen-bond donors (Lipinski definition) is 1. The SMILES string of the molecule is Cc1ccc(C)c(CN2C(=O)C(O)(CC(=O)c3ccc(F)cc3)c3cc(Br)ccc32)c1. The lowest BCUT2D eigenvalue weighted by Crippen LogP contribution is -2.41. The standard InChI is InChI=1S/C25H21BrFNO3/c1-15-3-4-16(2)18(11-15)14-28-22-10-7-19(26)12-21(22)25(31,24(28)30)13-23(29)17-5-8-20(27)9-6-17/h3-12,31H,13-14H2,1-2H3. The molecular formula is C25H21BrFNO3. The maximum absolute atomic E-state index is 13.5. The van der Waals surface area contributed by atoms with Crippen molar-refractivity contribution in [2.24, 2.45) is 0 Å². The molecule has 31 heavy (non-hydrogen) atoms. The summed E-state index contributed by atoms with van der Waals surface area (Å²) >= 11 is 3.40. The lowest BCUT2D eigenvalue weighted by molar-refractivity contribution is -0.136. The van der Waals surface area contributed by atoms with E-state index in [1.165, 1.54) is 29.2 Å². The number of carbonyl (C=O) groups is 2. The average Bonchev–Trinajstić information content (AvgIpc) is 2.92. The van der Waals surface area contributed by atoms with Crippen LogP contribution in [0, 0.1) is 19.7 Å². The number of rotatable bonds is 5. The highest BCUT2D eigenvalue weighted by Gasteiger charge is 2.51. The molecule has 1 N–H and O–H groups in total. The number of carbonyl (C=O) groups excluding carboxylic acids is 2. The molecule has 1 atom stereocenters. The summed E-state index contributed by atoms with van der Waals surface area (Å²) in [5.74, 6) is -1.44. The predicted octanol–water partition coefficient (Wildman–Crippen LogP) is 5.21. The van der Waals surface area contributed by atoms with E-state index in [0.29, 0.717) is 15.7 Å². The quantitative estimate of drug-likeness (QED) is 0.508. The molecule has 3 aromatic rings. The number of benzene rings is 3. The van der Waals surface area contributed by atoms with Crippen molar-refractivity contribution in [2.45, 2.75) is 32.4 Å². The van der Waals surface area contributed by atoms with E-state index < -0.39 is 29.5 Å². The van der Waals surface area contributed by atoms with E-state index in [1.807, 2.05) is 32.0 Å². The van der Waals surface area contributed by atoms with Gasteiger partial charge in [0, 0.05) is 15.6 Å². The molecule has 0 radical (unpaired) electrons. The van der Waals surface area contributed by atoms with Gasteiger partial charge in [-0.2, -0.15) is 0 Å². The Hall–Kier alpha value is -2.83. The molecule has 1 heterocycles. The zero-order valence-electron chi connectivity index (χ0n) is 17.2. The molecule has 4 rings (SSSR count). The topological polar surface area (TPSA) is 57.6 Å². The van der Waals surface area contributed by atoms with Crippen molar-refractivity contribution in [1.82, 2.24) is 0 Å². The van der Waals surface area contributed by atoms with Gasteiger partial charge >= 0.3 is 0 Å². The van der Waals surface area contributed by atoms with Crippen molar-refractivity contribution in [1.29, 1.82) is 0 Å². The maximum Gasteiger partial charge on any atom is 0.264 e. The molecule has 1 amide bonds. The third-order valence-electron chi connectivity index (χ3n) is 5.71. The minimum Gasteiger partial charge on any atom is -0.375 e. The molecule has 3 aromatic carbocycles. The lowest BCUT2D eigenvalue weighted by atomic mass is 9.88. The molecule has 158 valence electrons. The van der Waals surface area contributed by atoms with Crippen molar-refractivity contribution in [3.05, 3.63) is 98.8 Å². The Morgan fingerprint density at radius 1 is 1.06 bits per heavy atom. The largest absolute Gasteiger partial charge is 0.375 e. The average molecular weight is 482 g/mol. The fraction of sp³-hybridized carbons (Fsp3) is 0.200. The van der Waals surface area contributed by atoms with Crippen LogP contribution in [-0.4, -0.2) is 16.8 Å². The number of aryl methyl sites for hydroxylation is 2. The maximum atomic E-state index is 13.5. The summed E-state index contributed by atoms with van der Waals surface area (Å²) in [6, 6.07) is 16.4. The third-order valence-corrected chi connectivity index (χ3v) is 6.20. The Balaban J connectivity index is 1.72. The fourth-order valence-corrected chi connectivity index (χ4v) is 4.32. The summed E-state index contributed by atoms with van der Waals surface area (Å²) in [4.78, 5) is 27.9. The summed E-state index contributed by atoms with van der Waals surface area (Å²) in [6.45, 7) is 4.24. The molecule has 1 unspecified atom stereocenters. The molecule has 0 fully saturated rings. The van der Waals surface area contributed by atoms with Gasteiger partial charge in [0.1, 0.15) is 5.82 Å². The molecular weight excluding hydrogens is 461 g/mol. The zero-order valence-corrected chi connectivity index (χ0v) is 18.7. The summed E-state index contributed by atoms with van der Waals surface area (Å²) in [5, 5.41) is 11.5. The molecule has 6 heteroatoms. The van der Waals surface area contributed by atoms with Crippen molar-refractivity contribution >= 4 is 33.3 Å². The van der Waals surface area contributed by atoms with E-state index >= 15 is 0 Å². The molecule has 0 saturated carbocycles. The van der Waals surface area contributed by atoms with Crippen LogP contribution in [0.25, 0.3) is 0 Å². The number of anilines is 1. The van der Waals surface area contributed by atoms with E-state index in [2.05, 4.69) is 15.9 Å². The van der Waals surface area contributed by atoms with Crippen molar-refractivity contribution in [3.8, 4) is 0 Å². The van der Waals surface area contributed by atoms with Crippen molar-refractivity contribution in [2.75, 3.05) is 4.90 Å². The monoisotopic (exact) mass is 481 g/mol. The summed E-state index contributed by atoms with van der Waals surface area (Å²) in [5.41, 5.74) is 2.28. The molecule has 0 aliphatic carbocycles. The number of hydrogen-bond acceptors (Lipinski definition) is 3. The Labute approximate surface area is 188 Å². The highest BCUT2D eigenvalue weighted by Crippen LogP contribution is 2.45. The summed E-state index contributed by atoms with van der Waals surface area (Å²) in [6.07, 6.45) is -0.426. The van der Waals surface area contributed by atoms with Crippen LogP contribution >= 0.6 is 15.9 Å². The van der Waals surface area contributed by atoms with E-state index in [-0.39, 0.29) is 12.1 Å². The van der Waals surface area contributed by atoms with Crippen LogP contribution in [0.2, 0.25) is 0 Å². The molecule has 1 aliphatic rings. The first-order chi connectivity index (χ1) is 14.7. The van der Waals surface area contributed by atoms with E-state index in [0.717, 1.165) is 16.7 Å². The van der Waals surface area contributed by atoms with Gasteiger partial charge in [0.2, 0.25) is 0 Å². The second kappa shape index (κ2) is 8.02. The molecule has 0 bridgehead atoms. The normalized spacial score (nSPS) is 17.7.